The first-order valence-corrected chi connectivity index (χ1v) is 9.66. The fourth-order valence-electron chi connectivity index (χ4n) is 3.10. The summed E-state index contributed by atoms with van der Waals surface area (Å²) in [7, 11) is 0. The number of hydrogen-bond acceptors (Lipinski definition) is 4. The fraction of sp³-hybridized carbons (Fsp3) is 0.278. The molecule has 0 bridgehead atoms. The number of hydrogen-bond donors (Lipinski definition) is 0. The van der Waals surface area contributed by atoms with Gasteiger partial charge in [0.25, 0.3) is 5.56 Å². The van der Waals surface area contributed by atoms with E-state index < -0.39 is 11.5 Å². The van der Waals surface area contributed by atoms with Crippen LogP contribution in [0.5, 0.6) is 0 Å². The molecule has 0 amide bonds. The summed E-state index contributed by atoms with van der Waals surface area (Å²) in [5, 5.41) is 6.33. The second-order valence-electron chi connectivity index (χ2n) is 6.72. The summed E-state index contributed by atoms with van der Waals surface area (Å²) in [4.78, 5) is 25.9. The van der Waals surface area contributed by atoms with E-state index in [2.05, 4.69) is 5.10 Å². The van der Waals surface area contributed by atoms with E-state index >= 15 is 0 Å². The SMILES string of the molecule is CC(C)Cn1c(=O)c2sccc2n2c(=O)n(Cc3c(F)cccc3Cl)nc12. The van der Waals surface area contributed by atoms with Crippen LogP contribution >= 0.6 is 22.9 Å². The molecule has 0 fully saturated rings. The molecule has 0 radical (unpaired) electrons. The highest BCUT2D eigenvalue weighted by Crippen LogP contribution is 2.21. The van der Waals surface area contributed by atoms with Gasteiger partial charge in [-0.1, -0.05) is 31.5 Å². The normalized spacial score (nSPS) is 11.9. The lowest BCUT2D eigenvalue weighted by atomic mass is 10.2. The third kappa shape index (κ3) is 2.89. The highest BCUT2D eigenvalue weighted by atomic mass is 35.5. The summed E-state index contributed by atoms with van der Waals surface area (Å²) < 4.78 is 18.7. The third-order valence-electron chi connectivity index (χ3n) is 4.31. The first kappa shape index (κ1) is 17.9. The van der Waals surface area contributed by atoms with Gasteiger partial charge < -0.3 is 0 Å². The molecular formula is C18H16ClFN4O2S. The Morgan fingerprint density at radius 1 is 1.26 bits per heavy atom. The third-order valence-corrected chi connectivity index (χ3v) is 5.55. The predicted molar refractivity (Wildman–Crippen MR) is 104 cm³/mol. The molecule has 140 valence electrons. The van der Waals surface area contributed by atoms with Crippen LogP contribution in [0.15, 0.2) is 39.2 Å². The number of thiophene rings is 1. The van der Waals surface area contributed by atoms with Crippen molar-refractivity contribution >= 4 is 38.9 Å². The monoisotopic (exact) mass is 406 g/mol. The van der Waals surface area contributed by atoms with Gasteiger partial charge in [-0.25, -0.2) is 18.3 Å². The highest BCUT2D eigenvalue weighted by molar-refractivity contribution is 7.17. The predicted octanol–water partition coefficient (Wildman–Crippen LogP) is 3.37. The summed E-state index contributed by atoms with van der Waals surface area (Å²) in [5.41, 5.74) is 0.0763. The van der Waals surface area contributed by atoms with Crippen LogP contribution < -0.4 is 11.2 Å². The molecule has 9 heteroatoms. The number of fused-ring (bicyclic) bond motifs is 3. The van der Waals surface area contributed by atoms with Crippen molar-refractivity contribution in [3.63, 3.8) is 0 Å². The van der Waals surface area contributed by atoms with Crippen molar-refractivity contribution in [3.05, 3.63) is 66.9 Å². The Morgan fingerprint density at radius 3 is 2.74 bits per heavy atom. The molecule has 4 aromatic rings. The molecule has 0 aliphatic rings. The minimum atomic E-state index is -0.508. The summed E-state index contributed by atoms with van der Waals surface area (Å²) in [5.74, 6) is -0.0751. The van der Waals surface area contributed by atoms with E-state index in [-0.39, 0.29) is 34.4 Å². The van der Waals surface area contributed by atoms with Crippen LogP contribution in [0.25, 0.3) is 16.0 Å². The lowest BCUT2D eigenvalue weighted by Gasteiger charge is -2.09. The summed E-state index contributed by atoms with van der Waals surface area (Å²) >= 11 is 7.38. The smallest absolute Gasteiger partial charge is 0.275 e. The standard InChI is InChI=1S/C18H16ClFN4O2S/c1-10(2)8-22-16(25)15-14(6-7-27-15)24-17(22)21-23(18(24)26)9-11-12(19)4-3-5-13(11)20/h3-7,10H,8-9H2,1-2H3. The van der Waals surface area contributed by atoms with Crippen molar-refractivity contribution in [1.29, 1.82) is 0 Å². The molecule has 3 heterocycles. The second-order valence-corrected chi connectivity index (χ2v) is 8.04. The van der Waals surface area contributed by atoms with E-state index in [9.17, 15) is 14.0 Å². The molecule has 0 saturated heterocycles. The van der Waals surface area contributed by atoms with Gasteiger partial charge in [0, 0.05) is 17.1 Å². The zero-order valence-electron chi connectivity index (χ0n) is 14.6. The molecule has 0 atom stereocenters. The van der Waals surface area contributed by atoms with E-state index in [4.69, 9.17) is 11.6 Å². The van der Waals surface area contributed by atoms with Gasteiger partial charge in [-0.2, -0.15) is 0 Å². The van der Waals surface area contributed by atoms with Crippen molar-refractivity contribution in [2.24, 2.45) is 5.92 Å². The summed E-state index contributed by atoms with van der Waals surface area (Å²) in [6.07, 6.45) is 0. The van der Waals surface area contributed by atoms with Gasteiger partial charge in [-0.05, 0) is 29.5 Å². The Morgan fingerprint density at radius 2 is 2.04 bits per heavy atom. The van der Waals surface area contributed by atoms with Crippen LogP contribution in [0.3, 0.4) is 0 Å². The van der Waals surface area contributed by atoms with Crippen molar-refractivity contribution in [1.82, 2.24) is 18.7 Å². The van der Waals surface area contributed by atoms with Crippen LogP contribution in [-0.4, -0.2) is 18.7 Å². The first-order valence-electron chi connectivity index (χ1n) is 8.41. The lowest BCUT2D eigenvalue weighted by Crippen LogP contribution is -2.27. The second kappa shape index (κ2) is 6.61. The fourth-order valence-corrected chi connectivity index (χ4v) is 4.15. The average molecular weight is 407 g/mol. The van der Waals surface area contributed by atoms with E-state index in [1.165, 1.54) is 32.4 Å². The van der Waals surface area contributed by atoms with E-state index in [0.29, 0.717) is 16.8 Å². The van der Waals surface area contributed by atoms with Gasteiger partial charge in [-0.3, -0.25) is 9.36 Å². The minimum absolute atomic E-state index is 0.118. The number of aromatic nitrogens is 4. The van der Waals surface area contributed by atoms with Crippen LogP contribution in [-0.2, 0) is 13.1 Å². The maximum Gasteiger partial charge on any atom is 0.352 e. The molecule has 27 heavy (non-hydrogen) atoms. The Kier molecular flexibility index (Phi) is 4.39. The van der Waals surface area contributed by atoms with Gasteiger partial charge in [0.1, 0.15) is 10.5 Å². The number of benzene rings is 1. The van der Waals surface area contributed by atoms with Crippen molar-refractivity contribution < 1.29 is 4.39 Å². The zero-order valence-corrected chi connectivity index (χ0v) is 16.2. The van der Waals surface area contributed by atoms with Crippen molar-refractivity contribution in [2.75, 3.05) is 0 Å². The van der Waals surface area contributed by atoms with Gasteiger partial charge >= 0.3 is 5.69 Å². The maximum absolute atomic E-state index is 14.2. The van der Waals surface area contributed by atoms with Crippen LogP contribution in [0, 0.1) is 11.7 Å². The quantitative estimate of drug-likeness (QED) is 0.522. The van der Waals surface area contributed by atoms with E-state index in [1.54, 1.807) is 17.5 Å². The van der Waals surface area contributed by atoms with Crippen LogP contribution in [0.2, 0.25) is 5.02 Å². The van der Waals surface area contributed by atoms with Crippen molar-refractivity contribution in [3.8, 4) is 0 Å². The van der Waals surface area contributed by atoms with Crippen molar-refractivity contribution in [2.45, 2.75) is 26.9 Å². The summed E-state index contributed by atoms with van der Waals surface area (Å²) in [6.45, 7) is 4.27. The molecule has 0 spiro atoms. The number of halogens is 2. The lowest BCUT2D eigenvalue weighted by molar-refractivity contribution is 0.516. The topological polar surface area (TPSA) is 61.3 Å². The Bertz CT molecular complexity index is 1260. The minimum Gasteiger partial charge on any atom is -0.275 e. The molecule has 0 saturated carbocycles. The van der Waals surface area contributed by atoms with E-state index in [0.717, 1.165) is 4.68 Å². The molecule has 0 aliphatic heterocycles. The molecule has 0 N–H and O–H groups in total. The molecular weight excluding hydrogens is 391 g/mol. The molecule has 0 aliphatic carbocycles. The highest BCUT2D eigenvalue weighted by Gasteiger charge is 2.20. The maximum atomic E-state index is 14.2. The average Bonchev–Trinajstić information content (AvgIpc) is 3.20. The Hall–Kier alpha value is -2.45. The van der Waals surface area contributed by atoms with Crippen LogP contribution in [0.1, 0.15) is 19.4 Å². The number of nitrogens with zero attached hydrogens (tertiary/aromatic N) is 4. The molecule has 1 aromatic carbocycles. The number of rotatable bonds is 4. The molecule has 3 aromatic heterocycles. The largest absolute Gasteiger partial charge is 0.352 e. The zero-order chi connectivity index (χ0) is 19.3. The molecule has 0 unspecified atom stereocenters. The first-order chi connectivity index (χ1) is 12.9. The van der Waals surface area contributed by atoms with Gasteiger partial charge in [0.15, 0.2) is 0 Å². The Balaban J connectivity index is 2.01. The van der Waals surface area contributed by atoms with Gasteiger partial charge in [0.2, 0.25) is 5.78 Å². The van der Waals surface area contributed by atoms with Crippen LogP contribution in [0.4, 0.5) is 4.39 Å². The van der Waals surface area contributed by atoms with Gasteiger partial charge in [0.05, 0.1) is 12.1 Å². The molecule has 6 nitrogen and oxygen atoms in total. The van der Waals surface area contributed by atoms with E-state index in [1.807, 2.05) is 13.8 Å². The summed E-state index contributed by atoms with van der Waals surface area (Å²) in [6, 6.07) is 6.07. The van der Waals surface area contributed by atoms with Gasteiger partial charge in [-0.15, -0.1) is 16.4 Å². The Labute approximate surface area is 162 Å². The molecule has 4 rings (SSSR count).